The van der Waals surface area contributed by atoms with Crippen molar-refractivity contribution in [1.29, 1.82) is 0 Å². The van der Waals surface area contributed by atoms with E-state index in [1.165, 1.54) is 17.3 Å². The van der Waals surface area contributed by atoms with Gasteiger partial charge >= 0.3 is 0 Å². The van der Waals surface area contributed by atoms with Crippen molar-refractivity contribution in [3.05, 3.63) is 71.1 Å². The Labute approximate surface area is 178 Å². The molecule has 0 radical (unpaired) electrons. The number of nitrogens with zero attached hydrogens (tertiary/aromatic N) is 6. The number of rotatable bonds is 7. The summed E-state index contributed by atoms with van der Waals surface area (Å²) in [5.74, 6) is 0.518. The third-order valence-electron chi connectivity index (χ3n) is 4.99. The lowest BCUT2D eigenvalue weighted by molar-refractivity contribution is -0.120. The van der Waals surface area contributed by atoms with Gasteiger partial charge in [0, 0.05) is 42.4 Å². The molecule has 0 aliphatic carbocycles. The van der Waals surface area contributed by atoms with Crippen LogP contribution in [0.3, 0.4) is 0 Å². The van der Waals surface area contributed by atoms with E-state index >= 15 is 0 Å². The van der Waals surface area contributed by atoms with Gasteiger partial charge in [-0.15, -0.1) is 5.10 Å². The van der Waals surface area contributed by atoms with Crippen LogP contribution < -0.4 is 5.32 Å². The second-order valence-electron chi connectivity index (χ2n) is 7.08. The fraction of sp³-hybridized carbons (Fsp3) is 0.286. The van der Waals surface area contributed by atoms with Gasteiger partial charge in [0.1, 0.15) is 0 Å². The van der Waals surface area contributed by atoms with Gasteiger partial charge in [-0.05, 0) is 31.2 Å². The highest BCUT2D eigenvalue weighted by atomic mass is 32.2. The van der Waals surface area contributed by atoms with Gasteiger partial charge in [0.25, 0.3) is 5.78 Å². The van der Waals surface area contributed by atoms with E-state index in [2.05, 4.69) is 37.5 Å². The number of thioether (sulfide) groups is 1. The van der Waals surface area contributed by atoms with Gasteiger partial charge in [-0.25, -0.2) is 14.5 Å². The number of aromatic nitrogens is 6. The van der Waals surface area contributed by atoms with E-state index in [1.807, 2.05) is 43.0 Å². The summed E-state index contributed by atoms with van der Waals surface area (Å²) in [6.45, 7) is 5.11. The number of fused-ring (bicyclic) bond motifs is 1. The topological polar surface area (TPSA) is 90.0 Å². The second-order valence-corrected chi connectivity index (χ2v) is 7.85. The van der Waals surface area contributed by atoms with E-state index in [9.17, 15) is 4.79 Å². The zero-order valence-electron chi connectivity index (χ0n) is 17.2. The molecule has 0 atom stereocenters. The van der Waals surface area contributed by atoms with Crippen LogP contribution in [0.15, 0.2) is 48.1 Å². The minimum Gasteiger partial charge on any atom is -0.352 e. The summed E-state index contributed by atoms with van der Waals surface area (Å²) in [4.78, 5) is 25.5. The van der Waals surface area contributed by atoms with E-state index in [0.29, 0.717) is 17.5 Å². The second kappa shape index (κ2) is 8.66. The van der Waals surface area contributed by atoms with Crippen LogP contribution in [-0.4, -0.2) is 41.3 Å². The molecule has 1 amide bonds. The molecule has 30 heavy (non-hydrogen) atoms. The predicted octanol–water partition coefficient (Wildman–Crippen LogP) is 2.57. The Hall–Kier alpha value is -3.20. The Morgan fingerprint density at radius 1 is 1.13 bits per heavy atom. The highest BCUT2D eigenvalue weighted by molar-refractivity contribution is 7.98. The number of aryl methyl sites for hydroxylation is 2. The molecule has 4 rings (SSSR count). The first-order valence-corrected chi connectivity index (χ1v) is 10.8. The highest BCUT2D eigenvalue weighted by Gasteiger charge is 2.15. The molecule has 3 heterocycles. The molecule has 0 aliphatic rings. The van der Waals surface area contributed by atoms with E-state index in [1.54, 1.807) is 17.0 Å². The lowest BCUT2D eigenvalue weighted by atomic mass is 10.1. The van der Waals surface area contributed by atoms with Crippen molar-refractivity contribution < 1.29 is 4.79 Å². The van der Waals surface area contributed by atoms with Gasteiger partial charge in [0.2, 0.25) is 11.1 Å². The minimum absolute atomic E-state index is 0.0463. The van der Waals surface area contributed by atoms with E-state index < -0.39 is 0 Å². The lowest BCUT2D eigenvalue weighted by Gasteiger charge is -2.11. The standard InChI is InChI=1S/C21H23N7OS/c1-14-18(15(2)28-20(24-14)25-21(26-28)30-3)10-19(29)23-11-16-4-6-17(7-5-16)12-27-9-8-22-13-27/h4-9,13H,10-12H2,1-3H3,(H,23,29). The van der Waals surface area contributed by atoms with Crippen LogP contribution in [0.1, 0.15) is 28.1 Å². The molecule has 3 aromatic heterocycles. The number of carbonyl (C=O) groups is 1. The summed E-state index contributed by atoms with van der Waals surface area (Å²) < 4.78 is 3.73. The molecule has 0 unspecified atom stereocenters. The van der Waals surface area contributed by atoms with Crippen LogP contribution in [0, 0.1) is 13.8 Å². The molecule has 1 aromatic carbocycles. The molecule has 0 saturated carbocycles. The number of benzene rings is 1. The Bertz CT molecular complexity index is 1170. The Morgan fingerprint density at radius 3 is 2.60 bits per heavy atom. The quantitative estimate of drug-likeness (QED) is 0.461. The number of amides is 1. The number of carbonyl (C=O) groups excluding carboxylic acids is 1. The number of hydrogen-bond acceptors (Lipinski definition) is 6. The molecule has 154 valence electrons. The predicted molar refractivity (Wildman–Crippen MR) is 115 cm³/mol. The Morgan fingerprint density at radius 2 is 1.90 bits per heavy atom. The van der Waals surface area contributed by atoms with Gasteiger partial charge in [-0.3, -0.25) is 4.79 Å². The third-order valence-corrected chi connectivity index (χ3v) is 5.52. The molecular formula is C21H23N7OS. The Balaban J connectivity index is 1.39. The molecule has 4 aromatic rings. The van der Waals surface area contributed by atoms with Crippen LogP contribution in [-0.2, 0) is 24.3 Å². The number of hydrogen-bond donors (Lipinski definition) is 1. The lowest BCUT2D eigenvalue weighted by Crippen LogP contribution is -2.25. The van der Waals surface area contributed by atoms with Crippen molar-refractivity contribution in [2.45, 2.75) is 38.5 Å². The van der Waals surface area contributed by atoms with Gasteiger partial charge in [-0.1, -0.05) is 36.0 Å². The summed E-state index contributed by atoms with van der Waals surface area (Å²) in [6.07, 6.45) is 7.69. The molecule has 9 heteroatoms. The van der Waals surface area contributed by atoms with Crippen LogP contribution in [0.4, 0.5) is 0 Å². The largest absolute Gasteiger partial charge is 0.352 e. The minimum atomic E-state index is -0.0463. The fourth-order valence-corrected chi connectivity index (χ4v) is 3.65. The van der Waals surface area contributed by atoms with Crippen molar-refractivity contribution in [3.63, 3.8) is 0 Å². The van der Waals surface area contributed by atoms with Gasteiger partial charge in [0.15, 0.2) is 0 Å². The third kappa shape index (κ3) is 4.35. The maximum atomic E-state index is 12.6. The molecule has 0 spiro atoms. The molecule has 0 bridgehead atoms. The molecule has 0 saturated heterocycles. The summed E-state index contributed by atoms with van der Waals surface area (Å²) >= 11 is 1.47. The summed E-state index contributed by atoms with van der Waals surface area (Å²) in [6, 6.07) is 8.22. The summed E-state index contributed by atoms with van der Waals surface area (Å²) in [5.41, 5.74) is 4.82. The molecule has 1 N–H and O–H groups in total. The summed E-state index contributed by atoms with van der Waals surface area (Å²) in [7, 11) is 0. The van der Waals surface area contributed by atoms with Crippen molar-refractivity contribution in [1.82, 2.24) is 34.4 Å². The first-order valence-electron chi connectivity index (χ1n) is 9.60. The highest BCUT2D eigenvalue weighted by Crippen LogP contribution is 2.17. The normalized spacial score (nSPS) is 11.2. The van der Waals surface area contributed by atoms with Crippen molar-refractivity contribution in [2.24, 2.45) is 0 Å². The van der Waals surface area contributed by atoms with Crippen molar-refractivity contribution in [2.75, 3.05) is 6.26 Å². The van der Waals surface area contributed by atoms with E-state index in [0.717, 1.165) is 29.1 Å². The fourth-order valence-electron chi connectivity index (χ4n) is 3.31. The molecular weight excluding hydrogens is 398 g/mol. The molecule has 8 nitrogen and oxygen atoms in total. The first-order chi connectivity index (χ1) is 14.5. The average molecular weight is 422 g/mol. The van der Waals surface area contributed by atoms with Gasteiger partial charge in [-0.2, -0.15) is 4.98 Å². The van der Waals surface area contributed by atoms with Crippen LogP contribution in [0.25, 0.3) is 5.78 Å². The number of nitrogens with one attached hydrogen (secondary N) is 1. The van der Waals surface area contributed by atoms with Crippen LogP contribution in [0.5, 0.6) is 0 Å². The monoisotopic (exact) mass is 421 g/mol. The van der Waals surface area contributed by atoms with Crippen LogP contribution >= 0.6 is 11.8 Å². The SMILES string of the molecule is CSc1nc2nc(C)c(CC(=O)NCc3ccc(Cn4ccnc4)cc3)c(C)n2n1. The zero-order valence-corrected chi connectivity index (χ0v) is 18.0. The van der Waals surface area contributed by atoms with E-state index in [-0.39, 0.29) is 12.3 Å². The maximum Gasteiger partial charge on any atom is 0.253 e. The van der Waals surface area contributed by atoms with Gasteiger partial charge < -0.3 is 9.88 Å². The van der Waals surface area contributed by atoms with Crippen molar-refractivity contribution in [3.8, 4) is 0 Å². The maximum absolute atomic E-state index is 12.6. The molecule has 0 aliphatic heterocycles. The van der Waals surface area contributed by atoms with Gasteiger partial charge in [0.05, 0.1) is 12.7 Å². The molecule has 0 fully saturated rings. The van der Waals surface area contributed by atoms with Crippen molar-refractivity contribution >= 4 is 23.4 Å². The zero-order chi connectivity index (χ0) is 21.1. The Kier molecular flexibility index (Phi) is 5.80. The van der Waals surface area contributed by atoms with Crippen LogP contribution in [0.2, 0.25) is 0 Å². The average Bonchev–Trinajstić information content (AvgIpc) is 3.40. The van der Waals surface area contributed by atoms with E-state index in [4.69, 9.17) is 0 Å². The first kappa shape index (κ1) is 20.1. The number of imidazole rings is 1. The smallest absolute Gasteiger partial charge is 0.253 e. The summed E-state index contributed by atoms with van der Waals surface area (Å²) in [5, 5.41) is 8.11.